The van der Waals surface area contributed by atoms with Crippen molar-refractivity contribution in [2.45, 2.75) is 4.21 Å². The van der Waals surface area contributed by atoms with E-state index in [2.05, 4.69) is 15.9 Å². The van der Waals surface area contributed by atoms with E-state index in [1.165, 1.54) is 22.7 Å². The molecule has 2 aromatic rings. The van der Waals surface area contributed by atoms with Gasteiger partial charge >= 0.3 is 0 Å². The number of nitrogens with two attached hydrogens (primary N) is 1. The summed E-state index contributed by atoms with van der Waals surface area (Å²) in [4.78, 5) is 0. The summed E-state index contributed by atoms with van der Waals surface area (Å²) in [5.74, 6) is 0. The van der Waals surface area contributed by atoms with Crippen molar-refractivity contribution < 1.29 is 8.42 Å². The van der Waals surface area contributed by atoms with Gasteiger partial charge in [0.15, 0.2) is 0 Å². The number of anilines is 2. The molecule has 0 fully saturated rings. The first-order chi connectivity index (χ1) is 8.41. The number of rotatable bonds is 3. The predicted molar refractivity (Wildman–Crippen MR) is 78.5 cm³/mol. The second-order valence-electron chi connectivity index (χ2n) is 3.63. The number of sulfonamides is 1. The second kappa shape index (κ2) is 4.91. The smallest absolute Gasteiger partial charge is 0.273 e. The van der Waals surface area contributed by atoms with Crippen LogP contribution in [0.4, 0.5) is 11.4 Å². The largest absolute Gasteiger partial charge is 0.399 e. The van der Waals surface area contributed by atoms with Gasteiger partial charge in [0.05, 0.1) is 9.47 Å². The summed E-state index contributed by atoms with van der Waals surface area (Å²) >= 11 is 4.43. The number of hydrogen-bond donors (Lipinski definition) is 1. The van der Waals surface area contributed by atoms with Crippen molar-refractivity contribution in [2.75, 3.05) is 17.1 Å². The lowest BCUT2D eigenvalue weighted by molar-refractivity contribution is 0.596. The minimum atomic E-state index is -3.52. The molecule has 0 aliphatic heterocycles. The molecule has 0 aliphatic rings. The van der Waals surface area contributed by atoms with Crippen LogP contribution in [-0.2, 0) is 10.0 Å². The molecule has 0 saturated carbocycles. The first-order valence-electron chi connectivity index (χ1n) is 5.01. The van der Waals surface area contributed by atoms with Crippen LogP contribution in [0.3, 0.4) is 0 Å². The molecule has 2 N–H and O–H groups in total. The van der Waals surface area contributed by atoms with Gasteiger partial charge in [-0.2, -0.15) is 0 Å². The molecule has 0 aliphatic carbocycles. The summed E-state index contributed by atoms with van der Waals surface area (Å²) in [6.07, 6.45) is 0. The van der Waals surface area contributed by atoms with Crippen LogP contribution in [0.1, 0.15) is 0 Å². The fourth-order valence-corrected chi connectivity index (χ4v) is 4.80. The molecule has 1 aromatic heterocycles. The Morgan fingerprint density at radius 3 is 2.56 bits per heavy atom. The molecule has 0 spiro atoms. The third-order valence-corrected chi connectivity index (χ3v) is 6.27. The molecule has 4 nitrogen and oxygen atoms in total. The van der Waals surface area contributed by atoms with E-state index in [1.54, 1.807) is 36.4 Å². The summed E-state index contributed by atoms with van der Waals surface area (Å²) < 4.78 is 27.0. The molecule has 0 bridgehead atoms. The van der Waals surface area contributed by atoms with Crippen molar-refractivity contribution in [1.29, 1.82) is 0 Å². The molecule has 0 amide bonds. The van der Waals surface area contributed by atoms with E-state index >= 15 is 0 Å². The van der Waals surface area contributed by atoms with E-state index in [9.17, 15) is 8.42 Å². The van der Waals surface area contributed by atoms with E-state index in [0.29, 0.717) is 15.6 Å². The van der Waals surface area contributed by atoms with Crippen LogP contribution < -0.4 is 10.0 Å². The summed E-state index contributed by atoms with van der Waals surface area (Å²) in [6, 6.07) is 10.1. The Hall–Kier alpha value is -1.05. The Morgan fingerprint density at radius 2 is 2.00 bits per heavy atom. The topological polar surface area (TPSA) is 63.4 Å². The lowest BCUT2D eigenvalue weighted by Gasteiger charge is -2.18. The van der Waals surface area contributed by atoms with Crippen LogP contribution in [0, 0.1) is 0 Å². The van der Waals surface area contributed by atoms with E-state index in [0.717, 1.165) is 3.79 Å². The van der Waals surface area contributed by atoms with Crippen molar-refractivity contribution in [3.05, 3.63) is 40.2 Å². The fourth-order valence-electron chi connectivity index (χ4n) is 1.43. The molecule has 96 valence electrons. The van der Waals surface area contributed by atoms with Crippen molar-refractivity contribution >= 4 is 48.7 Å². The molecule has 0 saturated heterocycles. The Balaban J connectivity index is 2.42. The minimum absolute atomic E-state index is 0.291. The Labute approximate surface area is 118 Å². The zero-order chi connectivity index (χ0) is 13.3. The van der Waals surface area contributed by atoms with Gasteiger partial charge in [0, 0.05) is 12.7 Å². The Kier molecular flexibility index (Phi) is 3.65. The van der Waals surface area contributed by atoms with E-state index in [-0.39, 0.29) is 0 Å². The predicted octanol–water partition coefficient (Wildman–Crippen LogP) is 2.92. The summed E-state index contributed by atoms with van der Waals surface area (Å²) in [5, 5.41) is 0. The lowest BCUT2D eigenvalue weighted by atomic mass is 10.3. The van der Waals surface area contributed by atoms with Gasteiger partial charge in [0.1, 0.15) is 4.21 Å². The zero-order valence-corrected chi connectivity index (χ0v) is 12.7. The summed E-state index contributed by atoms with van der Waals surface area (Å²) in [6.45, 7) is 0. The third kappa shape index (κ3) is 2.52. The number of nitrogen functional groups attached to an aromatic ring is 1. The average Bonchev–Trinajstić information content (AvgIpc) is 2.75. The molecule has 18 heavy (non-hydrogen) atoms. The fraction of sp³-hybridized carbons (Fsp3) is 0.0909. The van der Waals surface area contributed by atoms with Gasteiger partial charge in [-0.3, -0.25) is 4.31 Å². The summed E-state index contributed by atoms with van der Waals surface area (Å²) in [5.41, 5.74) is 6.73. The molecule has 0 radical (unpaired) electrons. The van der Waals surface area contributed by atoms with Crippen LogP contribution in [0.2, 0.25) is 0 Å². The SMILES string of the molecule is CN(c1cccc(N)c1)S(=O)(=O)c1ccc(Br)s1. The van der Waals surface area contributed by atoms with Crippen LogP contribution in [-0.4, -0.2) is 15.5 Å². The Bertz CT molecular complexity index is 667. The maximum atomic E-state index is 12.3. The van der Waals surface area contributed by atoms with E-state index in [1.807, 2.05) is 0 Å². The van der Waals surface area contributed by atoms with Crippen LogP contribution >= 0.6 is 27.3 Å². The highest BCUT2D eigenvalue weighted by Crippen LogP contribution is 2.30. The number of hydrogen-bond acceptors (Lipinski definition) is 4. The highest BCUT2D eigenvalue weighted by molar-refractivity contribution is 9.11. The number of benzene rings is 1. The van der Waals surface area contributed by atoms with Gasteiger partial charge in [0.25, 0.3) is 10.0 Å². The normalized spacial score (nSPS) is 11.4. The minimum Gasteiger partial charge on any atom is -0.399 e. The van der Waals surface area contributed by atoms with Gasteiger partial charge in [-0.25, -0.2) is 8.42 Å². The molecule has 7 heteroatoms. The highest BCUT2D eigenvalue weighted by atomic mass is 79.9. The second-order valence-corrected chi connectivity index (χ2v) is 8.29. The molecular weight excluding hydrogens is 336 g/mol. The van der Waals surface area contributed by atoms with E-state index < -0.39 is 10.0 Å². The van der Waals surface area contributed by atoms with Gasteiger partial charge in [0.2, 0.25) is 0 Å². The average molecular weight is 347 g/mol. The Morgan fingerprint density at radius 1 is 1.28 bits per heavy atom. The zero-order valence-electron chi connectivity index (χ0n) is 9.50. The van der Waals surface area contributed by atoms with Crippen molar-refractivity contribution in [3.8, 4) is 0 Å². The van der Waals surface area contributed by atoms with Crippen molar-refractivity contribution in [2.24, 2.45) is 0 Å². The van der Waals surface area contributed by atoms with Gasteiger partial charge in [-0.15, -0.1) is 11.3 Å². The number of halogens is 1. The molecule has 2 rings (SSSR count). The van der Waals surface area contributed by atoms with Gasteiger partial charge in [-0.1, -0.05) is 6.07 Å². The van der Waals surface area contributed by atoms with Crippen LogP contribution in [0.15, 0.2) is 44.4 Å². The van der Waals surface area contributed by atoms with E-state index in [4.69, 9.17) is 5.73 Å². The molecule has 0 atom stereocenters. The van der Waals surface area contributed by atoms with Crippen molar-refractivity contribution in [1.82, 2.24) is 0 Å². The standard InChI is InChI=1S/C11H11BrN2O2S2/c1-14(9-4-2-3-8(13)7-9)18(15,16)11-6-5-10(12)17-11/h2-7H,13H2,1H3. The molecule has 1 heterocycles. The lowest BCUT2D eigenvalue weighted by Crippen LogP contribution is -2.25. The van der Waals surface area contributed by atoms with Crippen LogP contribution in [0.5, 0.6) is 0 Å². The van der Waals surface area contributed by atoms with Crippen molar-refractivity contribution in [3.63, 3.8) is 0 Å². The number of thiophene rings is 1. The summed E-state index contributed by atoms with van der Waals surface area (Å²) in [7, 11) is -2.01. The third-order valence-electron chi connectivity index (χ3n) is 2.40. The molecular formula is C11H11BrN2O2S2. The monoisotopic (exact) mass is 346 g/mol. The quantitative estimate of drug-likeness (QED) is 0.869. The maximum absolute atomic E-state index is 12.3. The number of nitrogens with zero attached hydrogens (tertiary/aromatic N) is 1. The van der Waals surface area contributed by atoms with Gasteiger partial charge < -0.3 is 5.73 Å². The first-order valence-corrected chi connectivity index (χ1v) is 8.06. The molecule has 0 unspecified atom stereocenters. The van der Waals surface area contributed by atoms with Gasteiger partial charge in [-0.05, 0) is 46.3 Å². The molecule has 1 aromatic carbocycles. The van der Waals surface area contributed by atoms with Crippen LogP contribution in [0.25, 0.3) is 0 Å². The first kappa shape index (κ1) is 13.4. The highest BCUT2D eigenvalue weighted by Gasteiger charge is 2.23. The maximum Gasteiger partial charge on any atom is 0.273 e.